The van der Waals surface area contributed by atoms with Gasteiger partial charge in [0.2, 0.25) is 11.8 Å². The number of carbonyl (C=O) groups excluding carboxylic acids is 2. The molecule has 2 N–H and O–H groups in total. The van der Waals surface area contributed by atoms with Gasteiger partial charge in [0.05, 0.1) is 13.1 Å². The van der Waals surface area contributed by atoms with E-state index >= 15 is 0 Å². The first-order valence-electron chi connectivity index (χ1n) is 4.34. The Bertz CT molecular complexity index is 327. The van der Waals surface area contributed by atoms with Crippen LogP contribution in [0.25, 0.3) is 0 Å². The van der Waals surface area contributed by atoms with Crippen LogP contribution in [-0.4, -0.2) is 24.2 Å². The summed E-state index contributed by atoms with van der Waals surface area (Å²) in [5.74, 6) is -0.692. The Balaban J connectivity index is 2.16. The summed E-state index contributed by atoms with van der Waals surface area (Å²) >= 11 is 6.82. The van der Waals surface area contributed by atoms with E-state index in [0.29, 0.717) is 6.54 Å². The number of rotatable bonds is 5. The van der Waals surface area contributed by atoms with Gasteiger partial charge in [-0.1, -0.05) is 6.07 Å². The minimum Gasteiger partial charge on any atom is -0.350 e. The number of nitrogens with one attached hydrogen (secondary N) is 2. The third-order valence-electron chi connectivity index (χ3n) is 1.61. The summed E-state index contributed by atoms with van der Waals surface area (Å²) in [6.07, 6.45) is 0. The van der Waals surface area contributed by atoms with Crippen molar-refractivity contribution in [1.82, 2.24) is 10.6 Å². The smallest absolute Gasteiger partial charge is 0.239 e. The molecular formula is C9H11ClN2O2S. The molecule has 0 atom stereocenters. The highest BCUT2D eigenvalue weighted by Gasteiger charge is 2.03. The van der Waals surface area contributed by atoms with Crippen LogP contribution >= 0.6 is 22.9 Å². The van der Waals surface area contributed by atoms with E-state index in [1.807, 2.05) is 17.5 Å². The largest absolute Gasteiger partial charge is 0.350 e. The molecule has 0 unspecified atom stereocenters. The quantitative estimate of drug-likeness (QED) is 0.753. The van der Waals surface area contributed by atoms with Gasteiger partial charge in [-0.15, -0.1) is 22.9 Å². The van der Waals surface area contributed by atoms with Gasteiger partial charge in [0, 0.05) is 4.88 Å². The molecule has 0 radical (unpaired) electrons. The maximum Gasteiger partial charge on any atom is 0.239 e. The van der Waals surface area contributed by atoms with E-state index in [-0.39, 0.29) is 24.2 Å². The molecule has 1 aromatic heterocycles. The summed E-state index contributed by atoms with van der Waals surface area (Å²) < 4.78 is 0. The summed E-state index contributed by atoms with van der Waals surface area (Å²) in [7, 11) is 0. The lowest BCUT2D eigenvalue weighted by atomic mass is 10.4. The van der Waals surface area contributed by atoms with Crippen LogP contribution in [0, 0.1) is 0 Å². The normalized spacial score (nSPS) is 9.67. The summed E-state index contributed by atoms with van der Waals surface area (Å²) in [6.45, 7) is 0.462. The molecule has 1 rings (SSSR count). The number of thiophene rings is 1. The van der Waals surface area contributed by atoms with E-state index in [1.54, 1.807) is 11.3 Å². The van der Waals surface area contributed by atoms with Gasteiger partial charge in [-0.05, 0) is 11.4 Å². The summed E-state index contributed by atoms with van der Waals surface area (Å²) in [5.41, 5.74) is 0. The molecule has 0 saturated carbocycles. The second kappa shape index (κ2) is 6.42. The highest BCUT2D eigenvalue weighted by molar-refractivity contribution is 7.09. The molecule has 1 heterocycles. The lowest BCUT2D eigenvalue weighted by Crippen LogP contribution is -2.36. The van der Waals surface area contributed by atoms with E-state index < -0.39 is 0 Å². The molecule has 0 bridgehead atoms. The van der Waals surface area contributed by atoms with Crippen molar-refractivity contribution in [2.45, 2.75) is 6.54 Å². The minimum absolute atomic E-state index is 0.0308. The second-order valence-electron chi connectivity index (χ2n) is 2.77. The fraction of sp³-hybridized carbons (Fsp3) is 0.333. The maximum absolute atomic E-state index is 11.2. The SMILES string of the molecule is O=C(CCl)NCC(=O)NCc1cccs1. The number of carbonyl (C=O) groups is 2. The summed E-state index contributed by atoms with van der Waals surface area (Å²) in [6, 6.07) is 3.85. The Labute approximate surface area is 96.6 Å². The molecule has 0 aromatic carbocycles. The molecule has 2 amide bonds. The lowest BCUT2D eigenvalue weighted by molar-refractivity contribution is -0.124. The average Bonchev–Trinajstić information content (AvgIpc) is 2.75. The van der Waals surface area contributed by atoms with Crippen molar-refractivity contribution in [2.24, 2.45) is 0 Å². The van der Waals surface area contributed by atoms with E-state index in [4.69, 9.17) is 11.6 Å². The molecule has 0 spiro atoms. The Hall–Kier alpha value is -1.07. The van der Waals surface area contributed by atoms with E-state index in [2.05, 4.69) is 10.6 Å². The first-order chi connectivity index (χ1) is 7.22. The van der Waals surface area contributed by atoms with Crippen LogP contribution in [0.5, 0.6) is 0 Å². The minimum atomic E-state index is -0.344. The highest BCUT2D eigenvalue weighted by Crippen LogP contribution is 2.06. The van der Waals surface area contributed by atoms with Gasteiger partial charge in [0.15, 0.2) is 0 Å². The van der Waals surface area contributed by atoms with Crippen LogP contribution in [0.4, 0.5) is 0 Å². The molecule has 0 aliphatic rings. The molecule has 0 saturated heterocycles. The summed E-state index contributed by atoms with van der Waals surface area (Å²) in [4.78, 5) is 23.0. The summed E-state index contributed by atoms with van der Waals surface area (Å²) in [5, 5.41) is 7.00. The zero-order valence-electron chi connectivity index (χ0n) is 7.96. The van der Waals surface area contributed by atoms with E-state index in [1.165, 1.54) is 0 Å². The molecular weight excluding hydrogens is 236 g/mol. The third kappa shape index (κ3) is 4.80. The van der Waals surface area contributed by atoms with Gasteiger partial charge in [0.1, 0.15) is 5.88 Å². The average molecular weight is 247 g/mol. The Morgan fingerprint density at radius 2 is 2.13 bits per heavy atom. The van der Waals surface area contributed by atoms with Gasteiger partial charge in [-0.25, -0.2) is 0 Å². The van der Waals surface area contributed by atoms with Gasteiger partial charge >= 0.3 is 0 Å². The number of halogens is 1. The lowest BCUT2D eigenvalue weighted by Gasteiger charge is -2.04. The van der Waals surface area contributed by atoms with Crippen LogP contribution in [0.3, 0.4) is 0 Å². The molecule has 0 fully saturated rings. The first kappa shape index (κ1) is 12.0. The highest BCUT2D eigenvalue weighted by atomic mass is 35.5. The first-order valence-corrected chi connectivity index (χ1v) is 5.75. The fourth-order valence-electron chi connectivity index (χ4n) is 0.887. The van der Waals surface area contributed by atoms with Crippen LogP contribution in [-0.2, 0) is 16.1 Å². The number of hydrogen-bond donors (Lipinski definition) is 2. The standard InChI is InChI=1S/C9H11ClN2O2S/c10-4-8(13)12-6-9(14)11-5-7-2-1-3-15-7/h1-3H,4-6H2,(H,11,14)(H,12,13). The van der Waals surface area contributed by atoms with Gasteiger partial charge in [-0.3, -0.25) is 9.59 Å². The van der Waals surface area contributed by atoms with Gasteiger partial charge in [0.25, 0.3) is 0 Å². The maximum atomic E-state index is 11.2. The van der Waals surface area contributed by atoms with Crippen molar-refractivity contribution >= 4 is 34.8 Å². The Kier molecular flexibility index (Phi) is 5.14. The molecule has 6 heteroatoms. The predicted octanol–water partition coefficient (Wildman–Crippen LogP) is 0.719. The van der Waals surface area contributed by atoms with Crippen LogP contribution in [0.1, 0.15) is 4.88 Å². The second-order valence-corrected chi connectivity index (χ2v) is 4.07. The fourth-order valence-corrected chi connectivity index (χ4v) is 1.63. The van der Waals surface area contributed by atoms with Crippen molar-refractivity contribution in [2.75, 3.05) is 12.4 Å². The monoisotopic (exact) mass is 246 g/mol. The Morgan fingerprint density at radius 1 is 1.33 bits per heavy atom. The Morgan fingerprint density at radius 3 is 2.73 bits per heavy atom. The van der Waals surface area contributed by atoms with Crippen LogP contribution in [0.15, 0.2) is 17.5 Å². The van der Waals surface area contributed by atoms with Crippen molar-refractivity contribution in [3.8, 4) is 0 Å². The van der Waals surface area contributed by atoms with Crippen LogP contribution < -0.4 is 10.6 Å². The third-order valence-corrected chi connectivity index (χ3v) is 2.73. The molecule has 82 valence electrons. The predicted molar refractivity (Wildman–Crippen MR) is 59.9 cm³/mol. The molecule has 15 heavy (non-hydrogen) atoms. The van der Waals surface area contributed by atoms with Gasteiger partial charge in [-0.2, -0.15) is 0 Å². The number of alkyl halides is 1. The van der Waals surface area contributed by atoms with E-state index in [0.717, 1.165) is 4.88 Å². The van der Waals surface area contributed by atoms with Gasteiger partial charge < -0.3 is 10.6 Å². The number of amides is 2. The number of hydrogen-bond acceptors (Lipinski definition) is 3. The topological polar surface area (TPSA) is 58.2 Å². The molecule has 0 aliphatic carbocycles. The van der Waals surface area contributed by atoms with Crippen molar-refractivity contribution in [3.63, 3.8) is 0 Å². The molecule has 4 nitrogen and oxygen atoms in total. The zero-order valence-corrected chi connectivity index (χ0v) is 9.53. The zero-order chi connectivity index (χ0) is 11.1. The molecule has 0 aliphatic heterocycles. The van der Waals surface area contributed by atoms with Crippen molar-refractivity contribution in [1.29, 1.82) is 0 Å². The van der Waals surface area contributed by atoms with E-state index in [9.17, 15) is 9.59 Å². The van der Waals surface area contributed by atoms with Crippen molar-refractivity contribution < 1.29 is 9.59 Å². The van der Waals surface area contributed by atoms with Crippen molar-refractivity contribution in [3.05, 3.63) is 22.4 Å². The van der Waals surface area contributed by atoms with Crippen LogP contribution in [0.2, 0.25) is 0 Å². The molecule has 1 aromatic rings.